The van der Waals surface area contributed by atoms with E-state index in [9.17, 15) is 4.39 Å². The second-order valence-corrected chi connectivity index (χ2v) is 2.38. The molecule has 0 aliphatic rings. The smallest absolute Gasteiger partial charge is 0.293 e. The number of aromatic nitrogens is 1. The van der Waals surface area contributed by atoms with E-state index in [0.29, 0.717) is 5.52 Å². The van der Waals surface area contributed by atoms with E-state index in [-0.39, 0.29) is 10.9 Å². The van der Waals surface area contributed by atoms with Gasteiger partial charge in [0.25, 0.3) is 5.35 Å². The van der Waals surface area contributed by atoms with Crippen LogP contribution in [0, 0.1) is 5.82 Å². The highest BCUT2D eigenvalue weighted by atomic mass is 35.5. The van der Waals surface area contributed by atoms with Gasteiger partial charge in [-0.25, -0.2) is 4.39 Å². The third-order valence-electron chi connectivity index (χ3n) is 1.34. The van der Waals surface area contributed by atoms with Crippen molar-refractivity contribution in [3.63, 3.8) is 0 Å². The molecule has 0 atom stereocenters. The number of fused-ring (bicyclic) bond motifs is 1. The van der Waals surface area contributed by atoms with E-state index in [1.807, 2.05) is 0 Å². The fraction of sp³-hybridized carbons (Fsp3) is 0. The number of hydrogen-bond acceptors (Lipinski definition) is 2. The van der Waals surface area contributed by atoms with Crippen LogP contribution in [0.25, 0.3) is 11.1 Å². The van der Waals surface area contributed by atoms with E-state index in [4.69, 9.17) is 16.0 Å². The molecule has 0 saturated heterocycles. The average Bonchev–Trinajstić information content (AvgIpc) is 2.31. The van der Waals surface area contributed by atoms with Gasteiger partial charge in [0.1, 0.15) is 5.52 Å². The fourth-order valence-corrected chi connectivity index (χ4v) is 1.06. The molecule has 0 N–H and O–H groups in total. The van der Waals surface area contributed by atoms with Crippen molar-refractivity contribution in [2.24, 2.45) is 0 Å². The standard InChI is InChI=1S/C7H3ClFNO/c8-7-10-5-3-1-2-4(9)6(5)11-7/h1-3H. The van der Waals surface area contributed by atoms with E-state index in [1.165, 1.54) is 6.07 Å². The summed E-state index contributed by atoms with van der Waals surface area (Å²) >= 11 is 5.41. The molecule has 0 spiro atoms. The van der Waals surface area contributed by atoms with Crippen LogP contribution < -0.4 is 0 Å². The second-order valence-electron chi connectivity index (χ2n) is 2.05. The summed E-state index contributed by atoms with van der Waals surface area (Å²) in [7, 11) is 0. The van der Waals surface area contributed by atoms with Crippen molar-refractivity contribution in [3.8, 4) is 0 Å². The Morgan fingerprint density at radius 3 is 3.00 bits per heavy atom. The zero-order valence-electron chi connectivity index (χ0n) is 5.34. The Kier molecular flexibility index (Phi) is 1.32. The van der Waals surface area contributed by atoms with Crippen LogP contribution >= 0.6 is 11.6 Å². The monoisotopic (exact) mass is 171 g/mol. The van der Waals surface area contributed by atoms with Crippen molar-refractivity contribution in [1.82, 2.24) is 4.98 Å². The molecule has 2 aromatic rings. The highest BCUT2D eigenvalue weighted by Crippen LogP contribution is 2.20. The van der Waals surface area contributed by atoms with Crippen molar-refractivity contribution < 1.29 is 8.81 Å². The molecule has 0 aliphatic heterocycles. The highest BCUT2D eigenvalue weighted by Gasteiger charge is 2.06. The molecule has 0 saturated carbocycles. The summed E-state index contributed by atoms with van der Waals surface area (Å²) in [6.45, 7) is 0. The van der Waals surface area contributed by atoms with E-state index < -0.39 is 5.82 Å². The summed E-state index contributed by atoms with van der Waals surface area (Å²) in [4.78, 5) is 3.73. The van der Waals surface area contributed by atoms with E-state index in [1.54, 1.807) is 12.1 Å². The largest absolute Gasteiger partial charge is 0.424 e. The van der Waals surface area contributed by atoms with Crippen LogP contribution in [-0.4, -0.2) is 4.98 Å². The highest BCUT2D eigenvalue weighted by molar-refractivity contribution is 6.28. The average molecular weight is 172 g/mol. The molecule has 0 radical (unpaired) electrons. The number of hydrogen-bond donors (Lipinski definition) is 0. The molecule has 0 amide bonds. The summed E-state index contributed by atoms with van der Waals surface area (Å²) < 4.78 is 17.6. The van der Waals surface area contributed by atoms with Crippen LogP contribution in [0.1, 0.15) is 0 Å². The predicted octanol–water partition coefficient (Wildman–Crippen LogP) is 2.62. The first-order chi connectivity index (χ1) is 5.27. The second kappa shape index (κ2) is 2.20. The minimum absolute atomic E-state index is 0.0369. The normalized spacial score (nSPS) is 10.7. The van der Waals surface area contributed by atoms with Gasteiger partial charge in [0.05, 0.1) is 0 Å². The first-order valence-electron chi connectivity index (χ1n) is 2.98. The van der Waals surface area contributed by atoms with Crippen molar-refractivity contribution in [2.75, 3.05) is 0 Å². The van der Waals surface area contributed by atoms with Gasteiger partial charge in [0, 0.05) is 0 Å². The number of oxazole rings is 1. The molecular formula is C7H3ClFNO. The first kappa shape index (κ1) is 6.61. The van der Waals surface area contributed by atoms with Gasteiger partial charge in [-0.15, -0.1) is 0 Å². The Hall–Kier alpha value is -1.09. The Bertz CT molecular complexity index is 398. The zero-order valence-corrected chi connectivity index (χ0v) is 6.10. The van der Waals surface area contributed by atoms with Crippen LogP contribution in [0.5, 0.6) is 0 Å². The lowest BCUT2D eigenvalue weighted by molar-refractivity contribution is 0.555. The quantitative estimate of drug-likeness (QED) is 0.609. The van der Waals surface area contributed by atoms with Gasteiger partial charge < -0.3 is 4.42 Å². The first-order valence-corrected chi connectivity index (χ1v) is 3.36. The Balaban J connectivity index is 2.90. The summed E-state index contributed by atoms with van der Waals surface area (Å²) in [6, 6.07) is 4.48. The van der Waals surface area contributed by atoms with Crippen molar-refractivity contribution >= 4 is 22.7 Å². The van der Waals surface area contributed by atoms with E-state index in [2.05, 4.69) is 4.98 Å². The minimum Gasteiger partial charge on any atom is -0.424 e. The molecule has 1 heterocycles. The van der Waals surface area contributed by atoms with Gasteiger partial charge in [-0.2, -0.15) is 4.98 Å². The molecule has 1 aromatic carbocycles. The molecular weight excluding hydrogens is 169 g/mol. The molecule has 0 aliphatic carbocycles. The summed E-state index contributed by atoms with van der Waals surface area (Å²) in [5.41, 5.74) is 0.549. The lowest BCUT2D eigenvalue weighted by Crippen LogP contribution is -1.72. The number of halogens is 2. The van der Waals surface area contributed by atoms with Gasteiger partial charge in [0.2, 0.25) is 0 Å². The summed E-state index contributed by atoms with van der Waals surface area (Å²) in [5.74, 6) is -0.443. The molecule has 2 nitrogen and oxygen atoms in total. The van der Waals surface area contributed by atoms with Crippen LogP contribution in [0.4, 0.5) is 4.39 Å². The summed E-state index contributed by atoms with van der Waals surface area (Å²) in [6.07, 6.45) is 0. The topological polar surface area (TPSA) is 26.0 Å². The number of nitrogens with zero attached hydrogens (tertiary/aromatic N) is 1. The van der Waals surface area contributed by atoms with Gasteiger partial charge in [0.15, 0.2) is 11.4 Å². The van der Waals surface area contributed by atoms with Crippen molar-refractivity contribution in [2.45, 2.75) is 0 Å². The maximum atomic E-state index is 12.8. The van der Waals surface area contributed by atoms with E-state index in [0.717, 1.165) is 0 Å². The Labute approximate surface area is 66.6 Å². The van der Waals surface area contributed by atoms with Crippen molar-refractivity contribution in [3.05, 3.63) is 29.4 Å². The summed E-state index contributed by atoms with van der Waals surface area (Å²) in [5, 5.41) is -0.0369. The third-order valence-corrected chi connectivity index (χ3v) is 1.50. The number of para-hydroxylation sites is 1. The van der Waals surface area contributed by atoms with Crippen LogP contribution in [0.2, 0.25) is 5.35 Å². The van der Waals surface area contributed by atoms with Gasteiger partial charge >= 0.3 is 0 Å². The lowest BCUT2D eigenvalue weighted by atomic mass is 10.3. The van der Waals surface area contributed by atoms with Gasteiger partial charge in [-0.1, -0.05) is 6.07 Å². The van der Waals surface area contributed by atoms with Crippen LogP contribution in [0.15, 0.2) is 22.6 Å². The SMILES string of the molecule is Fc1cccc2nc(Cl)oc12. The molecule has 0 bridgehead atoms. The molecule has 11 heavy (non-hydrogen) atoms. The molecule has 4 heteroatoms. The molecule has 0 fully saturated rings. The fourth-order valence-electron chi connectivity index (χ4n) is 0.888. The van der Waals surface area contributed by atoms with Crippen molar-refractivity contribution in [1.29, 1.82) is 0 Å². The van der Waals surface area contributed by atoms with E-state index >= 15 is 0 Å². The van der Waals surface area contributed by atoms with Crippen LogP contribution in [-0.2, 0) is 0 Å². The number of benzene rings is 1. The van der Waals surface area contributed by atoms with Gasteiger partial charge in [-0.3, -0.25) is 0 Å². The maximum Gasteiger partial charge on any atom is 0.293 e. The Morgan fingerprint density at radius 1 is 1.45 bits per heavy atom. The number of rotatable bonds is 0. The minimum atomic E-state index is -0.443. The maximum absolute atomic E-state index is 12.8. The molecule has 56 valence electrons. The molecule has 1 aromatic heterocycles. The predicted molar refractivity (Wildman–Crippen MR) is 39.0 cm³/mol. The zero-order chi connectivity index (χ0) is 7.84. The molecule has 2 rings (SSSR count). The van der Waals surface area contributed by atoms with Gasteiger partial charge in [-0.05, 0) is 23.7 Å². The lowest BCUT2D eigenvalue weighted by Gasteiger charge is -1.85. The Morgan fingerprint density at radius 2 is 2.27 bits per heavy atom. The van der Waals surface area contributed by atoms with Crippen LogP contribution in [0.3, 0.4) is 0 Å². The molecule has 0 unspecified atom stereocenters. The third kappa shape index (κ3) is 0.973.